The highest BCUT2D eigenvalue weighted by Crippen LogP contribution is 2.35. The van der Waals surface area contributed by atoms with Crippen LogP contribution in [0.15, 0.2) is 26.9 Å². The zero-order chi connectivity index (χ0) is 9.42. The summed E-state index contributed by atoms with van der Waals surface area (Å²) in [6, 6.07) is 4.12. The van der Waals surface area contributed by atoms with Gasteiger partial charge in [0.15, 0.2) is 0 Å². The largest absolute Gasteiger partial charge is 0.142 e. The van der Waals surface area contributed by atoms with Crippen LogP contribution in [0.1, 0.15) is 5.56 Å². The van der Waals surface area contributed by atoms with Gasteiger partial charge in [0.05, 0.1) is 0 Å². The summed E-state index contributed by atoms with van der Waals surface area (Å²) < 4.78 is 2.33. The minimum absolute atomic E-state index is 0.534. The molecule has 4 heteroatoms. The van der Waals surface area contributed by atoms with Gasteiger partial charge in [-0.2, -0.15) is 0 Å². The van der Waals surface area contributed by atoms with Crippen LogP contribution in [0.4, 0.5) is 0 Å². The van der Waals surface area contributed by atoms with E-state index in [0.717, 1.165) is 14.9 Å². The molecule has 0 atom stereocenters. The molecule has 0 nitrogen and oxygen atoms in total. The van der Waals surface area contributed by atoms with Crippen molar-refractivity contribution in [1.29, 1.82) is 0 Å². The van der Waals surface area contributed by atoms with Crippen molar-refractivity contribution in [3.8, 4) is 0 Å². The van der Waals surface area contributed by atoms with E-state index >= 15 is 0 Å². The molecule has 0 aliphatic carbocycles. The molecule has 0 N–H and O–H groups in total. The Bertz CT molecular complexity index is 450. The van der Waals surface area contributed by atoms with Crippen LogP contribution >= 0.6 is 51.5 Å². The third-order valence-electron chi connectivity index (χ3n) is 1.82. The third-order valence-corrected chi connectivity index (χ3v) is 4.62. The second-order valence-electron chi connectivity index (χ2n) is 2.71. The molecule has 2 aromatic rings. The van der Waals surface area contributed by atoms with Crippen LogP contribution in [0.2, 0.25) is 0 Å². The van der Waals surface area contributed by atoms with Crippen molar-refractivity contribution < 1.29 is 0 Å². The Morgan fingerprint density at radius 2 is 2.23 bits per heavy atom. The highest BCUT2D eigenvalue weighted by Gasteiger charge is 2.05. The van der Waals surface area contributed by atoms with Crippen LogP contribution in [0.3, 0.4) is 0 Å². The molecule has 0 unspecified atom stereocenters. The molecule has 0 saturated carbocycles. The van der Waals surface area contributed by atoms with Crippen molar-refractivity contribution in [1.82, 2.24) is 0 Å². The van der Waals surface area contributed by atoms with Gasteiger partial charge >= 0.3 is 0 Å². The second kappa shape index (κ2) is 3.81. The minimum Gasteiger partial charge on any atom is -0.142 e. The molecule has 0 bridgehead atoms. The first-order chi connectivity index (χ1) is 6.22. The summed E-state index contributed by atoms with van der Waals surface area (Å²) >= 11 is 15.4. The lowest BCUT2D eigenvalue weighted by Gasteiger charge is -1.99. The molecule has 0 radical (unpaired) electrons. The van der Waals surface area contributed by atoms with Crippen LogP contribution in [-0.4, -0.2) is 0 Å². The predicted octanol–water partition coefficient (Wildman–Crippen LogP) is 4.69. The first kappa shape index (κ1) is 9.84. The zero-order valence-electron chi connectivity index (χ0n) is 6.55. The zero-order valence-corrected chi connectivity index (χ0v) is 10.6. The van der Waals surface area contributed by atoms with E-state index in [1.165, 1.54) is 10.1 Å². The van der Waals surface area contributed by atoms with Gasteiger partial charge in [0.1, 0.15) is 0 Å². The Balaban J connectivity index is 2.80. The molecule has 0 aliphatic heterocycles. The van der Waals surface area contributed by atoms with Crippen molar-refractivity contribution in [3.63, 3.8) is 0 Å². The van der Waals surface area contributed by atoms with Crippen molar-refractivity contribution in [2.24, 2.45) is 0 Å². The van der Waals surface area contributed by atoms with Gasteiger partial charge in [-0.15, -0.1) is 35.6 Å². The van der Waals surface area contributed by atoms with E-state index in [1.54, 1.807) is 11.3 Å². The van der Waals surface area contributed by atoms with Crippen LogP contribution < -0.4 is 0 Å². The van der Waals surface area contributed by atoms with Gasteiger partial charge in [-0.3, -0.25) is 0 Å². The molecule has 1 aromatic heterocycles. The summed E-state index contributed by atoms with van der Waals surface area (Å²) in [7, 11) is 0. The lowest BCUT2D eigenvalue weighted by molar-refractivity contribution is 1.38. The van der Waals surface area contributed by atoms with Crippen LogP contribution in [0, 0.1) is 0 Å². The molecule has 0 saturated heterocycles. The Kier molecular flexibility index (Phi) is 2.88. The highest BCUT2D eigenvalue weighted by atomic mass is 79.9. The number of hydrogen-bond acceptors (Lipinski definition) is 2. The Morgan fingerprint density at radius 1 is 1.46 bits per heavy atom. The number of rotatable bonds is 1. The summed E-state index contributed by atoms with van der Waals surface area (Å²) in [6.07, 6.45) is 0. The molecule has 1 aromatic carbocycles. The fourth-order valence-corrected chi connectivity index (χ4v) is 3.37. The average Bonchev–Trinajstić information content (AvgIpc) is 2.48. The van der Waals surface area contributed by atoms with Gasteiger partial charge in [0.25, 0.3) is 0 Å². The molecule has 1 heterocycles. The molecule has 0 spiro atoms. The fraction of sp³-hybridized carbons (Fsp3) is 0.111. The third kappa shape index (κ3) is 1.75. The molecule has 0 aliphatic rings. The summed E-state index contributed by atoms with van der Waals surface area (Å²) in [5.74, 6) is 0.534. The standard InChI is InChI=1S/C9H6BrClS2/c10-7-4-13-9-6(7)1-5(3-11)2-8(9)12/h1-2,4,12H,3H2. The number of thiophene rings is 1. The quantitative estimate of drug-likeness (QED) is 0.572. The summed E-state index contributed by atoms with van der Waals surface area (Å²) in [6.45, 7) is 0. The molecular formula is C9H6BrClS2. The second-order valence-corrected chi connectivity index (χ2v) is 5.19. The SMILES string of the molecule is Sc1cc(CCl)cc2c(Br)csc12. The van der Waals surface area contributed by atoms with E-state index in [4.69, 9.17) is 11.6 Å². The van der Waals surface area contributed by atoms with Crippen molar-refractivity contribution in [2.75, 3.05) is 0 Å². The lowest BCUT2D eigenvalue weighted by Crippen LogP contribution is -1.78. The van der Waals surface area contributed by atoms with Gasteiger partial charge < -0.3 is 0 Å². The summed E-state index contributed by atoms with van der Waals surface area (Å²) in [5, 5.41) is 3.27. The summed E-state index contributed by atoms with van der Waals surface area (Å²) in [5.41, 5.74) is 1.11. The topological polar surface area (TPSA) is 0 Å². The van der Waals surface area contributed by atoms with Gasteiger partial charge in [0, 0.05) is 30.7 Å². The van der Waals surface area contributed by atoms with Gasteiger partial charge in [-0.05, 0) is 33.6 Å². The van der Waals surface area contributed by atoms with Gasteiger partial charge in [0.2, 0.25) is 0 Å². The lowest BCUT2D eigenvalue weighted by atomic mass is 10.2. The Hall–Kier alpha value is 0.300. The maximum Gasteiger partial charge on any atom is 0.0487 e. The summed E-state index contributed by atoms with van der Waals surface area (Å²) in [4.78, 5) is 1.00. The van der Waals surface area contributed by atoms with E-state index in [1.807, 2.05) is 6.07 Å². The number of hydrogen-bond donors (Lipinski definition) is 1. The Labute approximate surface area is 99.4 Å². The van der Waals surface area contributed by atoms with E-state index in [0.29, 0.717) is 5.88 Å². The highest BCUT2D eigenvalue weighted by molar-refractivity contribution is 9.10. The molecule has 0 fully saturated rings. The van der Waals surface area contributed by atoms with Crippen LogP contribution in [-0.2, 0) is 5.88 Å². The molecule has 68 valence electrons. The maximum atomic E-state index is 5.77. The normalized spacial score (nSPS) is 11.0. The van der Waals surface area contributed by atoms with Crippen LogP contribution in [0.5, 0.6) is 0 Å². The van der Waals surface area contributed by atoms with E-state index < -0.39 is 0 Å². The van der Waals surface area contributed by atoms with E-state index in [2.05, 4.69) is 40.0 Å². The number of halogens is 2. The van der Waals surface area contributed by atoms with Crippen molar-refractivity contribution >= 4 is 61.6 Å². The minimum atomic E-state index is 0.534. The van der Waals surface area contributed by atoms with Crippen molar-refractivity contribution in [2.45, 2.75) is 10.8 Å². The smallest absolute Gasteiger partial charge is 0.0487 e. The fourth-order valence-electron chi connectivity index (χ4n) is 1.22. The molecule has 2 rings (SSSR count). The molecule has 0 amide bonds. The first-order valence-corrected chi connectivity index (χ1v) is 6.32. The van der Waals surface area contributed by atoms with E-state index in [-0.39, 0.29) is 0 Å². The first-order valence-electron chi connectivity index (χ1n) is 3.67. The van der Waals surface area contributed by atoms with Crippen LogP contribution in [0.25, 0.3) is 10.1 Å². The number of fused-ring (bicyclic) bond motifs is 1. The van der Waals surface area contributed by atoms with E-state index in [9.17, 15) is 0 Å². The van der Waals surface area contributed by atoms with Gasteiger partial charge in [-0.1, -0.05) is 0 Å². The van der Waals surface area contributed by atoms with Gasteiger partial charge in [-0.25, -0.2) is 0 Å². The molecular weight excluding hydrogens is 288 g/mol. The molecule has 13 heavy (non-hydrogen) atoms. The number of benzene rings is 1. The van der Waals surface area contributed by atoms with Crippen molar-refractivity contribution in [3.05, 3.63) is 27.5 Å². The monoisotopic (exact) mass is 292 g/mol. The maximum absolute atomic E-state index is 5.77. The number of alkyl halides is 1. The predicted molar refractivity (Wildman–Crippen MR) is 66.3 cm³/mol. The Morgan fingerprint density at radius 3 is 2.92 bits per heavy atom. The number of thiol groups is 1. The average molecular weight is 294 g/mol.